The summed E-state index contributed by atoms with van der Waals surface area (Å²) in [7, 11) is 5.39. The maximum atomic E-state index is 13.5. The van der Waals surface area contributed by atoms with Crippen molar-refractivity contribution in [3.63, 3.8) is 0 Å². The number of likely N-dealkylation sites (N-methyl/N-ethyl adjacent to an activating group) is 1. The van der Waals surface area contributed by atoms with E-state index in [2.05, 4.69) is 10.3 Å². The molecule has 0 aromatic carbocycles. The van der Waals surface area contributed by atoms with Crippen LogP contribution in [0.1, 0.15) is 11.7 Å². The van der Waals surface area contributed by atoms with E-state index < -0.39 is 11.9 Å². The predicted molar refractivity (Wildman–Crippen MR) is 73.1 cm³/mol. The van der Waals surface area contributed by atoms with Crippen LogP contribution in [0, 0.1) is 5.82 Å². The number of halogens is 2. The number of rotatable bonds is 7. The molecular formula is C12H19ClFN3O2. The monoisotopic (exact) mass is 291 g/mol. The third-order valence-electron chi connectivity index (χ3n) is 2.51. The number of ether oxygens (including phenoxy) is 1. The summed E-state index contributed by atoms with van der Waals surface area (Å²) in [6.45, 7) is 1.27. The molecule has 0 amide bonds. The zero-order valence-corrected chi connectivity index (χ0v) is 12.0. The molecule has 2 N–H and O–H groups in total. The fourth-order valence-electron chi connectivity index (χ4n) is 1.42. The lowest BCUT2D eigenvalue weighted by molar-refractivity contribution is 0.0304. The fourth-order valence-corrected chi connectivity index (χ4v) is 1.69. The van der Waals surface area contributed by atoms with Crippen LogP contribution in [0.25, 0.3) is 0 Å². The first-order valence-corrected chi connectivity index (χ1v) is 6.27. The molecule has 108 valence electrons. The van der Waals surface area contributed by atoms with Crippen LogP contribution < -0.4 is 5.32 Å². The van der Waals surface area contributed by atoms with Gasteiger partial charge < -0.3 is 20.1 Å². The number of aliphatic hydroxyl groups is 1. The highest BCUT2D eigenvalue weighted by atomic mass is 35.5. The summed E-state index contributed by atoms with van der Waals surface area (Å²) in [6.07, 6.45) is -0.998. The molecule has 1 rings (SSSR count). The molecule has 1 aromatic heterocycles. The summed E-state index contributed by atoms with van der Waals surface area (Å²) < 4.78 is 18.8. The Morgan fingerprint density at radius 1 is 1.58 bits per heavy atom. The van der Waals surface area contributed by atoms with Gasteiger partial charge in [-0.3, -0.25) is 0 Å². The zero-order valence-electron chi connectivity index (χ0n) is 11.3. The minimum absolute atomic E-state index is 0.0492. The zero-order chi connectivity index (χ0) is 14.4. The lowest BCUT2D eigenvalue weighted by Crippen LogP contribution is -2.20. The average Bonchev–Trinajstić information content (AvgIpc) is 2.36. The maximum Gasteiger partial charge on any atom is 0.165 e. The summed E-state index contributed by atoms with van der Waals surface area (Å²) >= 11 is 5.90. The summed E-state index contributed by atoms with van der Waals surface area (Å²) in [5.41, 5.74) is 0.225. The van der Waals surface area contributed by atoms with Crippen LogP contribution in [-0.2, 0) is 4.74 Å². The van der Waals surface area contributed by atoms with E-state index in [0.717, 1.165) is 6.54 Å². The molecule has 7 heteroatoms. The highest BCUT2D eigenvalue weighted by molar-refractivity contribution is 6.30. The summed E-state index contributed by atoms with van der Waals surface area (Å²) in [5, 5.41) is 12.5. The largest absolute Gasteiger partial charge is 0.386 e. The molecule has 0 bridgehead atoms. The first-order chi connectivity index (χ1) is 8.95. The van der Waals surface area contributed by atoms with Gasteiger partial charge in [-0.25, -0.2) is 9.37 Å². The van der Waals surface area contributed by atoms with Gasteiger partial charge in [0, 0.05) is 19.2 Å². The second-order valence-corrected chi connectivity index (χ2v) is 4.70. The third-order valence-corrected chi connectivity index (χ3v) is 2.81. The van der Waals surface area contributed by atoms with Gasteiger partial charge in [0.2, 0.25) is 0 Å². The van der Waals surface area contributed by atoms with Gasteiger partial charge >= 0.3 is 0 Å². The maximum absolute atomic E-state index is 13.5. The molecule has 1 unspecified atom stereocenters. The Kier molecular flexibility index (Phi) is 6.44. The van der Waals surface area contributed by atoms with Crippen LogP contribution in [0.15, 0.2) is 6.07 Å². The second-order valence-electron chi connectivity index (χ2n) is 4.34. The molecule has 0 saturated heterocycles. The molecule has 0 radical (unpaired) electrons. The van der Waals surface area contributed by atoms with Crippen LogP contribution in [0.4, 0.5) is 10.2 Å². The number of nitrogens with zero attached hydrogens (tertiary/aromatic N) is 2. The molecule has 19 heavy (non-hydrogen) atoms. The molecule has 5 nitrogen and oxygen atoms in total. The third kappa shape index (κ3) is 4.91. The minimum atomic E-state index is -0.998. The number of aromatic nitrogens is 1. The first kappa shape index (κ1) is 16.1. The Bertz CT molecular complexity index is 418. The quantitative estimate of drug-likeness (QED) is 0.589. The normalized spacial score (nSPS) is 12.8. The molecule has 0 spiro atoms. The molecule has 0 aliphatic carbocycles. The van der Waals surface area contributed by atoms with E-state index >= 15 is 0 Å². The standard InChI is InChI=1S/C12H19ClFN3O2/c1-15-12-9(14)6-8(11(13)16-12)10(18)7-19-5-4-17(2)3/h6,10,18H,4-5,7H2,1-3H3,(H,15,16). The number of hydrogen-bond donors (Lipinski definition) is 2. The van der Waals surface area contributed by atoms with Gasteiger partial charge in [0.05, 0.1) is 13.2 Å². The van der Waals surface area contributed by atoms with Crippen LogP contribution >= 0.6 is 11.6 Å². The molecule has 0 fully saturated rings. The summed E-state index contributed by atoms with van der Waals surface area (Å²) in [5.74, 6) is -0.510. The van der Waals surface area contributed by atoms with Crippen molar-refractivity contribution in [2.24, 2.45) is 0 Å². The smallest absolute Gasteiger partial charge is 0.165 e. The molecule has 1 atom stereocenters. The number of nitrogens with one attached hydrogen (secondary N) is 1. The van der Waals surface area contributed by atoms with Crippen molar-refractivity contribution >= 4 is 17.4 Å². The highest BCUT2D eigenvalue weighted by Gasteiger charge is 2.16. The van der Waals surface area contributed by atoms with E-state index in [1.54, 1.807) is 7.05 Å². The lowest BCUT2D eigenvalue weighted by Gasteiger charge is -2.15. The summed E-state index contributed by atoms with van der Waals surface area (Å²) in [6, 6.07) is 1.17. The van der Waals surface area contributed by atoms with E-state index in [1.165, 1.54) is 6.07 Å². The van der Waals surface area contributed by atoms with Gasteiger partial charge in [0.15, 0.2) is 11.6 Å². The van der Waals surface area contributed by atoms with Crippen LogP contribution in [0.3, 0.4) is 0 Å². The predicted octanol–water partition coefficient (Wildman–Crippen LogP) is 1.53. The van der Waals surface area contributed by atoms with E-state index in [0.29, 0.717) is 6.61 Å². The molecule has 0 aliphatic heterocycles. The fraction of sp³-hybridized carbons (Fsp3) is 0.583. The number of anilines is 1. The van der Waals surface area contributed by atoms with Crippen molar-refractivity contribution in [2.75, 3.05) is 46.2 Å². The SMILES string of the molecule is CNc1nc(Cl)c(C(O)COCCN(C)C)cc1F. The number of aliphatic hydroxyl groups excluding tert-OH is 1. The van der Waals surface area contributed by atoms with Gasteiger partial charge in [-0.15, -0.1) is 0 Å². The Morgan fingerprint density at radius 2 is 2.26 bits per heavy atom. The van der Waals surface area contributed by atoms with Gasteiger partial charge in [-0.05, 0) is 20.2 Å². The molecule has 0 aliphatic rings. The highest BCUT2D eigenvalue weighted by Crippen LogP contribution is 2.25. The molecular weight excluding hydrogens is 273 g/mol. The molecule has 1 aromatic rings. The Labute approximate surface area is 117 Å². The van der Waals surface area contributed by atoms with Gasteiger partial charge in [0.25, 0.3) is 0 Å². The lowest BCUT2D eigenvalue weighted by atomic mass is 10.1. The molecule has 1 heterocycles. The Balaban J connectivity index is 2.61. The van der Waals surface area contributed by atoms with E-state index in [1.807, 2.05) is 19.0 Å². The van der Waals surface area contributed by atoms with Crippen molar-refractivity contribution in [2.45, 2.75) is 6.10 Å². The van der Waals surface area contributed by atoms with E-state index in [9.17, 15) is 9.50 Å². The van der Waals surface area contributed by atoms with E-state index in [-0.39, 0.29) is 23.1 Å². The minimum Gasteiger partial charge on any atom is -0.386 e. The van der Waals surface area contributed by atoms with E-state index in [4.69, 9.17) is 16.3 Å². The Hall–Kier alpha value is -0.950. The van der Waals surface area contributed by atoms with Crippen molar-refractivity contribution in [1.82, 2.24) is 9.88 Å². The number of pyridine rings is 1. The Morgan fingerprint density at radius 3 is 2.84 bits per heavy atom. The van der Waals surface area contributed by atoms with Gasteiger partial charge in [-0.2, -0.15) is 0 Å². The topological polar surface area (TPSA) is 57.6 Å². The van der Waals surface area contributed by atoms with Gasteiger partial charge in [-0.1, -0.05) is 11.6 Å². The van der Waals surface area contributed by atoms with Crippen molar-refractivity contribution in [1.29, 1.82) is 0 Å². The van der Waals surface area contributed by atoms with Crippen molar-refractivity contribution in [3.8, 4) is 0 Å². The summed E-state index contributed by atoms with van der Waals surface area (Å²) in [4.78, 5) is 5.78. The second kappa shape index (κ2) is 7.59. The van der Waals surface area contributed by atoms with Crippen molar-refractivity contribution in [3.05, 3.63) is 22.6 Å². The van der Waals surface area contributed by atoms with Crippen LogP contribution in [0.2, 0.25) is 5.15 Å². The first-order valence-electron chi connectivity index (χ1n) is 5.90. The number of hydrogen-bond acceptors (Lipinski definition) is 5. The van der Waals surface area contributed by atoms with Crippen LogP contribution in [0.5, 0.6) is 0 Å². The van der Waals surface area contributed by atoms with Gasteiger partial charge in [0.1, 0.15) is 11.3 Å². The van der Waals surface area contributed by atoms with Crippen molar-refractivity contribution < 1.29 is 14.2 Å². The van der Waals surface area contributed by atoms with Crippen LogP contribution in [-0.4, -0.2) is 55.9 Å². The molecule has 0 saturated carbocycles. The average molecular weight is 292 g/mol.